The summed E-state index contributed by atoms with van der Waals surface area (Å²) in [6.45, 7) is 7.74. The molecule has 5 heteroatoms. The number of rotatable bonds is 2. The molecule has 1 saturated heterocycles. The van der Waals surface area contributed by atoms with Gasteiger partial charge in [-0.1, -0.05) is 20.8 Å². The van der Waals surface area contributed by atoms with E-state index in [4.69, 9.17) is 5.73 Å². The number of nitrogens with two attached hydrogens (primary N) is 1. The van der Waals surface area contributed by atoms with Crippen LogP contribution in [0.4, 0.5) is 0 Å². The molecule has 1 aliphatic heterocycles. The van der Waals surface area contributed by atoms with Gasteiger partial charge in [0.05, 0.1) is 6.42 Å². The number of aromatic nitrogens is 2. The van der Waals surface area contributed by atoms with Crippen molar-refractivity contribution in [2.24, 2.45) is 5.73 Å². The normalized spacial score (nSPS) is 19.8. The molecule has 1 atom stereocenters. The molecule has 1 fully saturated rings. The van der Waals surface area contributed by atoms with E-state index in [1.807, 2.05) is 12.4 Å². The van der Waals surface area contributed by atoms with E-state index in [1.54, 1.807) is 4.90 Å². The number of amides is 1. The summed E-state index contributed by atoms with van der Waals surface area (Å²) in [6, 6.07) is 0.119. The van der Waals surface area contributed by atoms with Gasteiger partial charge in [0, 0.05) is 31.5 Å². The van der Waals surface area contributed by atoms with Gasteiger partial charge in [0.2, 0.25) is 5.91 Å². The smallest absolute Gasteiger partial charge is 0.230 e. The minimum atomic E-state index is 0.0320. The third-order valence-corrected chi connectivity index (χ3v) is 3.46. The fourth-order valence-corrected chi connectivity index (χ4v) is 2.09. The molecular formula is C14H22N4O. The van der Waals surface area contributed by atoms with Crippen LogP contribution in [0.1, 0.15) is 38.6 Å². The lowest BCUT2D eigenvalue weighted by molar-refractivity contribution is -0.129. The molecule has 0 aromatic carbocycles. The second kappa shape index (κ2) is 5.25. The maximum absolute atomic E-state index is 12.0. The summed E-state index contributed by atoms with van der Waals surface area (Å²) in [7, 11) is 0. The Morgan fingerprint density at radius 2 is 2.05 bits per heavy atom. The SMILES string of the molecule is CC(C)(C)c1cnc(CC(=O)N2CC[C@H](N)C2)nc1. The number of carbonyl (C=O) groups is 1. The Bertz CT molecular complexity index is 450. The molecule has 0 radical (unpaired) electrons. The predicted molar refractivity (Wildman–Crippen MR) is 73.6 cm³/mol. The van der Waals surface area contributed by atoms with Gasteiger partial charge in [-0.3, -0.25) is 4.79 Å². The van der Waals surface area contributed by atoms with Crippen LogP contribution in [-0.2, 0) is 16.6 Å². The van der Waals surface area contributed by atoms with Crippen LogP contribution in [0.25, 0.3) is 0 Å². The summed E-state index contributed by atoms with van der Waals surface area (Å²) < 4.78 is 0. The van der Waals surface area contributed by atoms with Gasteiger partial charge in [-0.15, -0.1) is 0 Å². The molecule has 0 bridgehead atoms. The Balaban J connectivity index is 1.98. The highest BCUT2D eigenvalue weighted by Crippen LogP contribution is 2.20. The lowest BCUT2D eigenvalue weighted by Gasteiger charge is -2.18. The fourth-order valence-electron chi connectivity index (χ4n) is 2.09. The van der Waals surface area contributed by atoms with E-state index < -0.39 is 0 Å². The molecule has 0 unspecified atom stereocenters. The van der Waals surface area contributed by atoms with Gasteiger partial charge >= 0.3 is 0 Å². The van der Waals surface area contributed by atoms with Gasteiger partial charge < -0.3 is 10.6 Å². The Kier molecular flexibility index (Phi) is 3.85. The van der Waals surface area contributed by atoms with Crippen LogP contribution < -0.4 is 5.73 Å². The van der Waals surface area contributed by atoms with Crippen molar-refractivity contribution >= 4 is 5.91 Å². The van der Waals surface area contributed by atoms with Crippen molar-refractivity contribution < 1.29 is 4.79 Å². The van der Waals surface area contributed by atoms with Crippen LogP contribution in [0.5, 0.6) is 0 Å². The maximum Gasteiger partial charge on any atom is 0.230 e. The van der Waals surface area contributed by atoms with Gasteiger partial charge in [0.1, 0.15) is 5.82 Å². The molecule has 1 aromatic heterocycles. The molecule has 2 rings (SSSR count). The third kappa shape index (κ3) is 3.50. The Morgan fingerprint density at radius 3 is 2.53 bits per heavy atom. The molecule has 0 aliphatic carbocycles. The molecule has 1 aliphatic rings. The Labute approximate surface area is 114 Å². The standard InChI is InChI=1S/C14H22N4O/c1-14(2,3)10-7-16-12(17-8-10)6-13(19)18-5-4-11(15)9-18/h7-8,11H,4-6,9,15H2,1-3H3/t11-/m0/s1. The third-order valence-electron chi connectivity index (χ3n) is 3.46. The largest absolute Gasteiger partial charge is 0.341 e. The highest BCUT2D eigenvalue weighted by molar-refractivity contribution is 5.78. The molecule has 2 N–H and O–H groups in total. The van der Waals surface area contributed by atoms with Crippen LogP contribution >= 0.6 is 0 Å². The van der Waals surface area contributed by atoms with Crippen LogP contribution in [0.2, 0.25) is 0 Å². The first-order valence-corrected chi connectivity index (χ1v) is 6.71. The van der Waals surface area contributed by atoms with E-state index >= 15 is 0 Å². The van der Waals surface area contributed by atoms with Gasteiger partial charge in [-0.2, -0.15) is 0 Å². The lowest BCUT2D eigenvalue weighted by Crippen LogP contribution is -2.33. The van der Waals surface area contributed by atoms with Crippen molar-refractivity contribution in [2.45, 2.75) is 45.1 Å². The molecular weight excluding hydrogens is 240 g/mol. The number of nitrogens with zero attached hydrogens (tertiary/aromatic N) is 3. The molecule has 19 heavy (non-hydrogen) atoms. The average Bonchev–Trinajstić information content (AvgIpc) is 2.75. The molecule has 5 nitrogen and oxygen atoms in total. The van der Waals surface area contributed by atoms with Gasteiger partial charge in [-0.25, -0.2) is 9.97 Å². The van der Waals surface area contributed by atoms with E-state index in [0.717, 1.165) is 18.5 Å². The van der Waals surface area contributed by atoms with Crippen molar-refractivity contribution in [1.29, 1.82) is 0 Å². The molecule has 1 aromatic rings. The lowest BCUT2D eigenvalue weighted by atomic mass is 9.89. The maximum atomic E-state index is 12.0. The predicted octanol–water partition coefficient (Wildman–Crippen LogP) is 0.876. The summed E-state index contributed by atoms with van der Waals surface area (Å²) >= 11 is 0. The fraction of sp³-hybridized carbons (Fsp3) is 0.643. The molecule has 1 amide bonds. The highest BCUT2D eigenvalue weighted by atomic mass is 16.2. The molecule has 2 heterocycles. The number of likely N-dealkylation sites (tertiary alicyclic amines) is 1. The topological polar surface area (TPSA) is 72.1 Å². The summed E-state index contributed by atoms with van der Waals surface area (Å²) in [4.78, 5) is 22.4. The second-order valence-electron chi connectivity index (χ2n) is 6.20. The first kappa shape index (κ1) is 13.9. The summed E-state index contributed by atoms with van der Waals surface area (Å²) in [5.74, 6) is 0.648. The van der Waals surface area contributed by atoms with Crippen molar-refractivity contribution in [2.75, 3.05) is 13.1 Å². The van der Waals surface area contributed by atoms with Gasteiger partial charge in [-0.05, 0) is 17.4 Å². The quantitative estimate of drug-likeness (QED) is 0.858. The number of hydrogen-bond acceptors (Lipinski definition) is 4. The van der Waals surface area contributed by atoms with Crippen molar-refractivity contribution in [3.63, 3.8) is 0 Å². The summed E-state index contributed by atoms with van der Waals surface area (Å²) in [5.41, 5.74) is 6.91. The van der Waals surface area contributed by atoms with Crippen LogP contribution in [0, 0.1) is 0 Å². The van der Waals surface area contributed by atoms with Crippen LogP contribution in [0.3, 0.4) is 0 Å². The Hall–Kier alpha value is -1.49. The minimum Gasteiger partial charge on any atom is -0.341 e. The van der Waals surface area contributed by atoms with Gasteiger partial charge in [0.25, 0.3) is 0 Å². The monoisotopic (exact) mass is 262 g/mol. The number of carbonyl (C=O) groups excluding carboxylic acids is 1. The first-order chi connectivity index (χ1) is 8.86. The van der Waals surface area contributed by atoms with Crippen LogP contribution in [-0.4, -0.2) is 39.9 Å². The zero-order valence-electron chi connectivity index (χ0n) is 11.9. The highest BCUT2D eigenvalue weighted by Gasteiger charge is 2.24. The molecule has 0 saturated carbocycles. The minimum absolute atomic E-state index is 0.0320. The average molecular weight is 262 g/mol. The zero-order valence-corrected chi connectivity index (χ0v) is 11.9. The van der Waals surface area contributed by atoms with Crippen LogP contribution in [0.15, 0.2) is 12.4 Å². The second-order valence-corrected chi connectivity index (χ2v) is 6.20. The zero-order chi connectivity index (χ0) is 14.0. The number of hydrogen-bond donors (Lipinski definition) is 1. The van der Waals surface area contributed by atoms with E-state index in [1.165, 1.54) is 0 Å². The van der Waals surface area contributed by atoms with Crippen molar-refractivity contribution in [1.82, 2.24) is 14.9 Å². The van der Waals surface area contributed by atoms with Crippen molar-refractivity contribution in [3.05, 3.63) is 23.8 Å². The van der Waals surface area contributed by atoms with E-state index in [0.29, 0.717) is 12.4 Å². The summed E-state index contributed by atoms with van der Waals surface area (Å²) in [5, 5.41) is 0. The van der Waals surface area contributed by atoms with E-state index in [9.17, 15) is 4.79 Å². The summed E-state index contributed by atoms with van der Waals surface area (Å²) in [6.07, 6.45) is 4.77. The van der Waals surface area contributed by atoms with Crippen molar-refractivity contribution in [3.8, 4) is 0 Å². The molecule has 0 spiro atoms. The van der Waals surface area contributed by atoms with E-state index in [2.05, 4.69) is 30.7 Å². The van der Waals surface area contributed by atoms with Gasteiger partial charge in [0.15, 0.2) is 0 Å². The first-order valence-electron chi connectivity index (χ1n) is 6.71. The molecule has 104 valence electrons. The Morgan fingerprint density at radius 1 is 1.42 bits per heavy atom. The van der Waals surface area contributed by atoms with E-state index in [-0.39, 0.29) is 23.8 Å².